The van der Waals surface area contributed by atoms with Crippen LogP contribution < -0.4 is 9.64 Å². The van der Waals surface area contributed by atoms with E-state index in [9.17, 15) is 28.6 Å². The Bertz CT molecular complexity index is 1380. The van der Waals surface area contributed by atoms with E-state index in [0.717, 1.165) is 23.1 Å². The lowest BCUT2D eigenvalue weighted by Crippen LogP contribution is -2.30. The molecule has 2 N–H and O–H groups in total. The lowest BCUT2D eigenvalue weighted by atomic mass is 9.94. The summed E-state index contributed by atoms with van der Waals surface area (Å²) in [6.45, 7) is 6.29. The Morgan fingerprint density at radius 3 is 2.47 bits per heavy atom. The number of rotatable bonds is 6. The fourth-order valence-corrected chi connectivity index (χ4v) is 4.13. The predicted octanol–water partition coefficient (Wildman–Crippen LogP) is 5.64. The first-order valence-electron chi connectivity index (χ1n) is 11.4. The highest BCUT2D eigenvalue weighted by Gasteiger charge is 2.48. The van der Waals surface area contributed by atoms with Gasteiger partial charge >= 0.3 is 0 Å². The molecule has 1 amide bonds. The number of aryl methyl sites for hydroxylation is 1. The van der Waals surface area contributed by atoms with Crippen LogP contribution in [0, 0.1) is 24.5 Å². The number of aliphatic hydroxyl groups is 1. The molecule has 0 aromatic heterocycles. The fourth-order valence-electron chi connectivity index (χ4n) is 4.13. The van der Waals surface area contributed by atoms with Crippen molar-refractivity contribution < 1.29 is 33.3 Å². The monoisotopic (exact) mass is 493 g/mol. The molecule has 186 valence electrons. The van der Waals surface area contributed by atoms with Crippen molar-refractivity contribution in [1.29, 1.82) is 0 Å². The van der Waals surface area contributed by atoms with Crippen LogP contribution in [0.15, 0.2) is 66.2 Å². The zero-order valence-electron chi connectivity index (χ0n) is 20.0. The Morgan fingerprint density at radius 1 is 1.06 bits per heavy atom. The molecular formula is C28H25F2NO5. The van der Waals surface area contributed by atoms with Crippen LogP contribution >= 0.6 is 0 Å². The van der Waals surface area contributed by atoms with Crippen molar-refractivity contribution in [3.05, 3.63) is 94.6 Å². The van der Waals surface area contributed by atoms with E-state index in [1.165, 1.54) is 24.3 Å². The number of ether oxygens (including phenoxy) is 1. The molecule has 1 heterocycles. The van der Waals surface area contributed by atoms with Gasteiger partial charge < -0.3 is 14.9 Å². The van der Waals surface area contributed by atoms with Crippen LogP contribution in [0.1, 0.15) is 36.6 Å². The number of ketones is 1. The molecule has 0 radical (unpaired) electrons. The second-order valence-corrected chi connectivity index (χ2v) is 9.04. The number of nitrogens with zero attached hydrogens (tertiary/aromatic N) is 1. The van der Waals surface area contributed by atoms with Crippen molar-refractivity contribution in [2.45, 2.75) is 26.8 Å². The Morgan fingerprint density at radius 2 is 1.81 bits per heavy atom. The van der Waals surface area contributed by atoms with Gasteiger partial charge in [-0.05, 0) is 66.4 Å². The van der Waals surface area contributed by atoms with Gasteiger partial charge in [-0.1, -0.05) is 26.0 Å². The summed E-state index contributed by atoms with van der Waals surface area (Å²) in [5, 5.41) is 21.3. The number of carbonyl (C=O) groups is 2. The first-order valence-corrected chi connectivity index (χ1v) is 11.4. The van der Waals surface area contributed by atoms with E-state index in [4.69, 9.17) is 4.74 Å². The number of phenolic OH excluding ortho intramolecular Hbond substituents is 1. The lowest BCUT2D eigenvalue weighted by Gasteiger charge is -2.26. The van der Waals surface area contributed by atoms with Gasteiger partial charge in [-0.15, -0.1) is 0 Å². The second-order valence-electron chi connectivity index (χ2n) is 9.04. The number of phenols is 1. The van der Waals surface area contributed by atoms with Gasteiger partial charge in [-0.2, -0.15) is 0 Å². The summed E-state index contributed by atoms with van der Waals surface area (Å²) in [4.78, 5) is 27.1. The lowest BCUT2D eigenvalue weighted by molar-refractivity contribution is -0.132. The Balaban J connectivity index is 1.89. The van der Waals surface area contributed by atoms with Crippen molar-refractivity contribution in [3.8, 4) is 11.5 Å². The highest BCUT2D eigenvalue weighted by molar-refractivity contribution is 6.51. The molecule has 0 spiro atoms. The first-order chi connectivity index (χ1) is 17.1. The van der Waals surface area contributed by atoms with Gasteiger partial charge in [-0.3, -0.25) is 14.5 Å². The highest BCUT2D eigenvalue weighted by Crippen LogP contribution is 2.43. The molecule has 8 heteroatoms. The number of halogens is 2. The van der Waals surface area contributed by atoms with Crippen LogP contribution in [0.5, 0.6) is 11.5 Å². The van der Waals surface area contributed by atoms with E-state index in [-0.39, 0.29) is 22.4 Å². The molecular weight excluding hydrogens is 468 g/mol. The zero-order valence-corrected chi connectivity index (χ0v) is 20.0. The van der Waals surface area contributed by atoms with E-state index < -0.39 is 40.8 Å². The quantitative estimate of drug-likeness (QED) is 0.264. The number of benzene rings is 3. The molecule has 36 heavy (non-hydrogen) atoms. The summed E-state index contributed by atoms with van der Waals surface area (Å²) >= 11 is 0. The predicted molar refractivity (Wildman–Crippen MR) is 131 cm³/mol. The van der Waals surface area contributed by atoms with Crippen molar-refractivity contribution in [1.82, 2.24) is 0 Å². The van der Waals surface area contributed by atoms with Gasteiger partial charge in [0.25, 0.3) is 11.7 Å². The van der Waals surface area contributed by atoms with Crippen molar-refractivity contribution in [2.24, 2.45) is 5.92 Å². The summed E-state index contributed by atoms with van der Waals surface area (Å²) in [6, 6.07) is 11.7. The number of aliphatic hydroxyl groups excluding tert-OH is 1. The van der Waals surface area contributed by atoms with E-state index in [1.807, 2.05) is 13.8 Å². The van der Waals surface area contributed by atoms with Crippen LogP contribution in [-0.2, 0) is 9.59 Å². The van der Waals surface area contributed by atoms with Crippen LogP contribution in [-0.4, -0.2) is 28.5 Å². The Kier molecular flexibility index (Phi) is 6.79. The van der Waals surface area contributed by atoms with Gasteiger partial charge in [0.1, 0.15) is 28.9 Å². The molecule has 1 atom stereocenters. The van der Waals surface area contributed by atoms with Crippen LogP contribution in [0.4, 0.5) is 14.5 Å². The van der Waals surface area contributed by atoms with Gasteiger partial charge in [0, 0.05) is 11.6 Å². The highest BCUT2D eigenvalue weighted by atomic mass is 19.1. The van der Waals surface area contributed by atoms with Crippen LogP contribution in [0.2, 0.25) is 0 Å². The summed E-state index contributed by atoms with van der Waals surface area (Å²) in [6.07, 6.45) is 0. The molecule has 0 bridgehead atoms. The smallest absolute Gasteiger partial charge is 0.300 e. The average molecular weight is 494 g/mol. The summed E-state index contributed by atoms with van der Waals surface area (Å²) in [5.41, 5.74) is 0.391. The molecule has 6 nitrogen and oxygen atoms in total. The standard InChI is InChI=1S/C28H25F2NO5/c1-15(2)14-36-23-10-7-18(11-16(23)3)26(33)24-25(17-5-4-6-20(32)12-17)31(28(35)27(24)34)22-13-19(29)8-9-21(22)30/h4-13,15,25,32-33H,14H2,1-3H3/b26-24+. The molecule has 1 aliphatic heterocycles. The molecule has 1 unspecified atom stereocenters. The fraction of sp³-hybridized carbons (Fsp3) is 0.214. The third-order valence-electron chi connectivity index (χ3n) is 5.82. The number of hydrogen-bond acceptors (Lipinski definition) is 5. The van der Waals surface area contributed by atoms with E-state index in [1.54, 1.807) is 25.1 Å². The van der Waals surface area contributed by atoms with Crippen LogP contribution in [0.3, 0.4) is 0 Å². The zero-order chi connectivity index (χ0) is 26.1. The van der Waals surface area contributed by atoms with Crippen LogP contribution in [0.25, 0.3) is 5.76 Å². The van der Waals surface area contributed by atoms with Crippen molar-refractivity contribution in [2.75, 3.05) is 11.5 Å². The number of anilines is 1. The largest absolute Gasteiger partial charge is 0.508 e. The Labute approximate surface area is 207 Å². The normalized spacial score (nSPS) is 17.2. The number of carbonyl (C=O) groups excluding carboxylic acids is 2. The SMILES string of the molecule is Cc1cc(/C(O)=C2\C(=O)C(=O)N(c3cc(F)ccc3F)C2c2cccc(O)c2)ccc1OCC(C)C. The van der Waals surface area contributed by atoms with Crippen molar-refractivity contribution in [3.63, 3.8) is 0 Å². The van der Waals surface area contributed by atoms with Gasteiger partial charge in [-0.25, -0.2) is 8.78 Å². The minimum Gasteiger partial charge on any atom is -0.508 e. The maximum Gasteiger partial charge on any atom is 0.300 e. The Hall–Kier alpha value is -4.20. The third kappa shape index (κ3) is 4.66. The molecule has 3 aromatic carbocycles. The van der Waals surface area contributed by atoms with E-state index in [2.05, 4.69) is 0 Å². The van der Waals surface area contributed by atoms with E-state index >= 15 is 0 Å². The minimum absolute atomic E-state index is 0.166. The molecule has 0 saturated carbocycles. The molecule has 4 rings (SSSR count). The number of aromatic hydroxyl groups is 1. The summed E-state index contributed by atoms with van der Waals surface area (Å²) < 4.78 is 34.6. The van der Waals surface area contributed by atoms with Gasteiger partial charge in [0.2, 0.25) is 0 Å². The summed E-state index contributed by atoms with van der Waals surface area (Å²) in [5.74, 6) is -3.68. The summed E-state index contributed by atoms with van der Waals surface area (Å²) in [7, 11) is 0. The van der Waals surface area contributed by atoms with Gasteiger partial charge in [0.15, 0.2) is 0 Å². The number of hydrogen-bond donors (Lipinski definition) is 2. The molecule has 1 fully saturated rings. The maximum atomic E-state index is 14.8. The third-order valence-corrected chi connectivity index (χ3v) is 5.82. The maximum absolute atomic E-state index is 14.8. The molecule has 1 aliphatic rings. The second kappa shape index (κ2) is 9.81. The van der Waals surface area contributed by atoms with Crippen molar-refractivity contribution >= 4 is 23.1 Å². The topological polar surface area (TPSA) is 87.1 Å². The molecule has 0 aliphatic carbocycles. The molecule has 3 aromatic rings. The van der Waals surface area contributed by atoms with E-state index in [0.29, 0.717) is 23.8 Å². The van der Waals surface area contributed by atoms with Gasteiger partial charge in [0.05, 0.1) is 23.9 Å². The average Bonchev–Trinajstić information content (AvgIpc) is 3.09. The first kappa shape index (κ1) is 24.9. The minimum atomic E-state index is -1.31. The number of amides is 1. The molecule has 1 saturated heterocycles. The number of Topliss-reactive ketones (excluding diaryl/α,β-unsaturated/α-hetero) is 1.